The summed E-state index contributed by atoms with van der Waals surface area (Å²) in [7, 11) is 0. The Morgan fingerprint density at radius 3 is 3.00 bits per heavy atom. The highest BCUT2D eigenvalue weighted by atomic mass is 16.5. The van der Waals surface area contributed by atoms with Crippen LogP contribution in [0.4, 0.5) is 0 Å². The summed E-state index contributed by atoms with van der Waals surface area (Å²) < 4.78 is 5.37. The van der Waals surface area contributed by atoms with Crippen molar-refractivity contribution >= 4 is 11.8 Å². The summed E-state index contributed by atoms with van der Waals surface area (Å²) in [5.74, 6) is 0.350. The van der Waals surface area contributed by atoms with E-state index >= 15 is 0 Å². The van der Waals surface area contributed by atoms with Crippen LogP contribution in [0.25, 0.3) is 0 Å². The Labute approximate surface area is 154 Å². The van der Waals surface area contributed by atoms with Crippen molar-refractivity contribution in [3.05, 3.63) is 29.6 Å². The monoisotopic (exact) mass is 357 g/mol. The van der Waals surface area contributed by atoms with Gasteiger partial charge in [-0.05, 0) is 44.7 Å². The average Bonchev–Trinajstić information content (AvgIpc) is 3.27. The lowest BCUT2D eigenvalue weighted by Gasteiger charge is -2.39. The standard InChI is InChI=1S/C20H27N3O3/c1-15-4-2-5-17(21-15)12-22-10-8-20(19(22)25)7-3-9-23(14-20)18(24)16-6-11-26-13-16/h2,4-5,16H,3,6-14H2,1H3/t16-,20-/m0/s1. The summed E-state index contributed by atoms with van der Waals surface area (Å²) >= 11 is 0. The molecule has 2 atom stereocenters. The van der Waals surface area contributed by atoms with E-state index in [0.717, 1.165) is 50.2 Å². The van der Waals surface area contributed by atoms with E-state index in [4.69, 9.17) is 4.74 Å². The van der Waals surface area contributed by atoms with Crippen molar-refractivity contribution in [2.75, 3.05) is 32.8 Å². The lowest BCUT2D eigenvalue weighted by molar-refractivity contribution is -0.145. The van der Waals surface area contributed by atoms with Crippen LogP contribution in [0.5, 0.6) is 0 Å². The van der Waals surface area contributed by atoms with Crippen LogP contribution in [0.3, 0.4) is 0 Å². The molecule has 3 saturated heterocycles. The van der Waals surface area contributed by atoms with Crippen molar-refractivity contribution in [1.29, 1.82) is 0 Å². The SMILES string of the molecule is Cc1cccc(CN2CC[C@]3(CCCN(C(=O)[C@H]4CCOC4)C3)C2=O)n1. The summed E-state index contributed by atoms with van der Waals surface area (Å²) in [6.45, 7) is 5.82. The molecule has 26 heavy (non-hydrogen) atoms. The van der Waals surface area contributed by atoms with Gasteiger partial charge < -0.3 is 14.5 Å². The van der Waals surface area contributed by atoms with E-state index in [1.165, 1.54) is 0 Å². The topological polar surface area (TPSA) is 62.7 Å². The number of aromatic nitrogens is 1. The molecule has 2 amide bonds. The molecule has 0 aliphatic carbocycles. The van der Waals surface area contributed by atoms with Crippen molar-refractivity contribution in [2.45, 2.75) is 39.2 Å². The Bertz CT molecular complexity index is 701. The van der Waals surface area contributed by atoms with Crippen LogP contribution in [0, 0.1) is 18.3 Å². The smallest absolute Gasteiger partial charge is 0.231 e. The molecule has 3 aliphatic rings. The number of aryl methyl sites for hydroxylation is 1. The van der Waals surface area contributed by atoms with Gasteiger partial charge in [-0.15, -0.1) is 0 Å². The molecule has 6 heteroatoms. The van der Waals surface area contributed by atoms with E-state index in [1.54, 1.807) is 0 Å². The second-order valence-corrected chi connectivity index (χ2v) is 7.95. The number of carbonyl (C=O) groups excluding carboxylic acids is 2. The summed E-state index contributed by atoms with van der Waals surface area (Å²) in [5.41, 5.74) is 1.51. The molecule has 0 unspecified atom stereocenters. The first-order valence-electron chi connectivity index (χ1n) is 9.66. The zero-order chi connectivity index (χ0) is 18.1. The van der Waals surface area contributed by atoms with Crippen LogP contribution < -0.4 is 0 Å². The Hall–Kier alpha value is -1.95. The van der Waals surface area contributed by atoms with Gasteiger partial charge in [0.1, 0.15) is 0 Å². The van der Waals surface area contributed by atoms with E-state index in [2.05, 4.69) is 4.98 Å². The predicted molar refractivity (Wildman–Crippen MR) is 96.2 cm³/mol. The number of carbonyl (C=O) groups is 2. The molecular formula is C20H27N3O3. The number of hydrogen-bond acceptors (Lipinski definition) is 4. The van der Waals surface area contributed by atoms with Crippen molar-refractivity contribution in [3.63, 3.8) is 0 Å². The van der Waals surface area contributed by atoms with Gasteiger partial charge in [0, 0.05) is 31.9 Å². The number of likely N-dealkylation sites (tertiary alicyclic amines) is 2. The maximum Gasteiger partial charge on any atom is 0.231 e. The van der Waals surface area contributed by atoms with Gasteiger partial charge >= 0.3 is 0 Å². The number of ether oxygens (including phenoxy) is 1. The maximum atomic E-state index is 13.2. The number of nitrogens with zero attached hydrogens (tertiary/aromatic N) is 3. The van der Waals surface area contributed by atoms with Crippen molar-refractivity contribution < 1.29 is 14.3 Å². The Balaban J connectivity index is 1.44. The molecule has 140 valence electrons. The third-order valence-electron chi connectivity index (χ3n) is 6.07. The van der Waals surface area contributed by atoms with Crippen LogP contribution in [0.2, 0.25) is 0 Å². The highest BCUT2D eigenvalue weighted by molar-refractivity contribution is 5.87. The van der Waals surface area contributed by atoms with E-state index in [1.807, 2.05) is 34.9 Å². The lowest BCUT2D eigenvalue weighted by Crippen LogP contribution is -2.51. The largest absolute Gasteiger partial charge is 0.381 e. The Kier molecular flexibility index (Phi) is 4.69. The van der Waals surface area contributed by atoms with Gasteiger partial charge in [0.25, 0.3) is 0 Å². The van der Waals surface area contributed by atoms with Gasteiger partial charge in [-0.1, -0.05) is 6.07 Å². The van der Waals surface area contributed by atoms with E-state index in [9.17, 15) is 9.59 Å². The minimum Gasteiger partial charge on any atom is -0.381 e. The molecule has 1 aromatic heterocycles. The fourth-order valence-corrected chi connectivity index (χ4v) is 4.61. The third kappa shape index (κ3) is 3.22. The fourth-order valence-electron chi connectivity index (χ4n) is 4.61. The van der Waals surface area contributed by atoms with E-state index in [0.29, 0.717) is 26.3 Å². The number of pyridine rings is 1. The first-order chi connectivity index (χ1) is 12.6. The summed E-state index contributed by atoms with van der Waals surface area (Å²) in [6.07, 6.45) is 3.43. The lowest BCUT2D eigenvalue weighted by atomic mass is 9.78. The fraction of sp³-hybridized carbons (Fsp3) is 0.650. The molecule has 0 N–H and O–H groups in total. The second-order valence-electron chi connectivity index (χ2n) is 7.95. The van der Waals surface area contributed by atoms with Crippen molar-refractivity contribution in [1.82, 2.24) is 14.8 Å². The molecular weight excluding hydrogens is 330 g/mol. The van der Waals surface area contributed by atoms with Gasteiger partial charge in [0.2, 0.25) is 11.8 Å². The second kappa shape index (κ2) is 6.99. The number of rotatable bonds is 3. The first-order valence-corrected chi connectivity index (χ1v) is 9.66. The number of hydrogen-bond donors (Lipinski definition) is 0. The summed E-state index contributed by atoms with van der Waals surface area (Å²) in [6, 6.07) is 5.93. The van der Waals surface area contributed by atoms with Gasteiger partial charge in [0.05, 0.1) is 30.2 Å². The van der Waals surface area contributed by atoms with Crippen molar-refractivity contribution in [2.24, 2.45) is 11.3 Å². The molecule has 3 fully saturated rings. The van der Waals surface area contributed by atoms with Gasteiger partial charge in [-0.25, -0.2) is 0 Å². The highest BCUT2D eigenvalue weighted by Crippen LogP contribution is 2.41. The highest BCUT2D eigenvalue weighted by Gasteiger charge is 2.50. The predicted octanol–water partition coefficient (Wildman–Crippen LogP) is 1.77. The molecule has 1 aromatic rings. The molecule has 0 aromatic carbocycles. The molecule has 0 radical (unpaired) electrons. The van der Waals surface area contributed by atoms with Gasteiger partial charge in [-0.2, -0.15) is 0 Å². The van der Waals surface area contributed by atoms with E-state index < -0.39 is 5.41 Å². The minimum absolute atomic E-state index is 0.0192. The molecule has 0 saturated carbocycles. The molecule has 6 nitrogen and oxygen atoms in total. The van der Waals surface area contributed by atoms with Crippen LogP contribution in [0.1, 0.15) is 37.1 Å². The molecule has 3 aliphatic heterocycles. The van der Waals surface area contributed by atoms with Crippen LogP contribution >= 0.6 is 0 Å². The molecule has 4 heterocycles. The number of piperidine rings is 1. The van der Waals surface area contributed by atoms with Crippen LogP contribution in [0.15, 0.2) is 18.2 Å². The Morgan fingerprint density at radius 2 is 2.23 bits per heavy atom. The van der Waals surface area contributed by atoms with E-state index in [-0.39, 0.29) is 17.7 Å². The van der Waals surface area contributed by atoms with Crippen LogP contribution in [-0.4, -0.2) is 59.4 Å². The third-order valence-corrected chi connectivity index (χ3v) is 6.07. The zero-order valence-electron chi connectivity index (χ0n) is 15.4. The molecule has 1 spiro atoms. The first kappa shape index (κ1) is 17.5. The van der Waals surface area contributed by atoms with Crippen molar-refractivity contribution in [3.8, 4) is 0 Å². The number of amides is 2. The minimum atomic E-state index is -0.392. The van der Waals surface area contributed by atoms with Gasteiger partial charge in [-0.3, -0.25) is 14.6 Å². The maximum absolute atomic E-state index is 13.2. The van der Waals surface area contributed by atoms with Gasteiger partial charge in [0.15, 0.2) is 0 Å². The summed E-state index contributed by atoms with van der Waals surface area (Å²) in [5, 5.41) is 0. The molecule has 4 rings (SSSR count). The quantitative estimate of drug-likeness (QED) is 0.827. The Morgan fingerprint density at radius 1 is 1.35 bits per heavy atom. The zero-order valence-corrected chi connectivity index (χ0v) is 15.4. The average molecular weight is 357 g/mol. The molecule has 0 bridgehead atoms. The summed E-state index contributed by atoms with van der Waals surface area (Å²) in [4.78, 5) is 34.3. The normalized spacial score (nSPS) is 29.0. The van der Waals surface area contributed by atoms with Crippen LogP contribution in [-0.2, 0) is 20.9 Å².